The zero-order chi connectivity index (χ0) is 15.6. The fourth-order valence-electron chi connectivity index (χ4n) is 1.92. The largest absolute Gasteiger partial charge is 0.331 e. The van der Waals surface area contributed by atoms with Crippen LogP contribution in [0, 0.1) is 10.1 Å². The summed E-state index contributed by atoms with van der Waals surface area (Å²) in [6, 6.07) is 5.81. The highest BCUT2D eigenvalue weighted by Gasteiger charge is 2.13. The second-order valence-corrected chi connectivity index (χ2v) is 5.21. The van der Waals surface area contributed by atoms with E-state index in [1.54, 1.807) is 13.0 Å². The molecule has 0 aliphatic rings. The lowest BCUT2D eigenvalue weighted by Crippen LogP contribution is -2.38. The zero-order valence-electron chi connectivity index (χ0n) is 11.2. The van der Waals surface area contributed by atoms with Gasteiger partial charge >= 0.3 is 5.69 Å². The summed E-state index contributed by atoms with van der Waals surface area (Å²) in [7, 11) is 0. The normalized spacial score (nSPS) is 10.6. The first-order valence-electron chi connectivity index (χ1n) is 6.17. The molecule has 0 aliphatic heterocycles. The third kappa shape index (κ3) is 3.10. The highest BCUT2D eigenvalue weighted by Crippen LogP contribution is 2.25. The summed E-state index contributed by atoms with van der Waals surface area (Å²) in [4.78, 5) is 34.3. The Balaban J connectivity index is 2.48. The number of hydrogen-bond donors (Lipinski definition) is 0. The van der Waals surface area contributed by atoms with E-state index < -0.39 is 16.2 Å². The quantitative estimate of drug-likeness (QED) is 0.618. The molecule has 0 atom stereocenters. The van der Waals surface area contributed by atoms with Crippen molar-refractivity contribution in [3.8, 4) is 0 Å². The summed E-state index contributed by atoms with van der Waals surface area (Å²) < 4.78 is 2.80. The Morgan fingerprint density at radius 2 is 2.00 bits per heavy atom. The van der Waals surface area contributed by atoms with Crippen LogP contribution in [0.4, 0.5) is 5.69 Å². The number of aryl methyl sites for hydroxylation is 1. The Morgan fingerprint density at radius 1 is 1.29 bits per heavy atom. The maximum Gasteiger partial charge on any atom is 0.331 e. The number of nitrogens with zero attached hydrogens (tertiary/aromatic N) is 3. The third-order valence-corrected chi connectivity index (χ3v) is 3.70. The van der Waals surface area contributed by atoms with Crippen molar-refractivity contribution < 1.29 is 4.92 Å². The van der Waals surface area contributed by atoms with Gasteiger partial charge in [0.1, 0.15) is 0 Å². The predicted octanol–water partition coefficient (Wildman–Crippen LogP) is 1.75. The molecule has 110 valence electrons. The van der Waals surface area contributed by atoms with Crippen LogP contribution in [0.5, 0.6) is 0 Å². The molecule has 7 nitrogen and oxygen atoms in total. The fourth-order valence-corrected chi connectivity index (χ4v) is 2.31. The van der Waals surface area contributed by atoms with Crippen LogP contribution in [0.3, 0.4) is 0 Å². The molecule has 0 radical (unpaired) electrons. The number of hydrogen-bond acceptors (Lipinski definition) is 4. The van der Waals surface area contributed by atoms with Crippen molar-refractivity contribution >= 4 is 21.6 Å². The van der Waals surface area contributed by atoms with Gasteiger partial charge < -0.3 is 4.57 Å². The second kappa shape index (κ2) is 6.04. The number of rotatable bonds is 4. The van der Waals surface area contributed by atoms with Gasteiger partial charge in [-0.05, 0) is 34.5 Å². The number of nitro groups is 1. The molecule has 0 saturated heterocycles. The number of benzene rings is 1. The maximum atomic E-state index is 12.1. The van der Waals surface area contributed by atoms with Crippen molar-refractivity contribution in [1.82, 2.24) is 9.13 Å². The molecule has 1 aromatic heterocycles. The van der Waals surface area contributed by atoms with Crippen molar-refractivity contribution in [3.05, 3.63) is 71.5 Å². The van der Waals surface area contributed by atoms with E-state index >= 15 is 0 Å². The molecule has 0 spiro atoms. The fraction of sp³-hybridized carbons (Fsp3) is 0.231. The van der Waals surface area contributed by atoms with Crippen LogP contribution < -0.4 is 11.2 Å². The highest BCUT2D eigenvalue weighted by molar-refractivity contribution is 9.10. The van der Waals surface area contributed by atoms with Gasteiger partial charge in [-0.15, -0.1) is 0 Å². The van der Waals surface area contributed by atoms with Crippen molar-refractivity contribution in [2.24, 2.45) is 0 Å². The number of halogens is 1. The Labute approximate surface area is 127 Å². The Hall–Kier alpha value is -2.22. The summed E-state index contributed by atoms with van der Waals surface area (Å²) in [5.41, 5.74) is -0.462. The van der Waals surface area contributed by atoms with E-state index in [0.29, 0.717) is 16.6 Å². The summed E-state index contributed by atoms with van der Waals surface area (Å²) in [5.74, 6) is 0. The average molecular weight is 354 g/mol. The van der Waals surface area contributed by atoms with Crippen molar-refractivity contribution in [2.45, 2.75) is 20.0 Å². The molecule has 0 saturated carbocycles. The monoisotopic (exact) mass is 353 g/mol. The SMILES string of the molecule is CCn1ccc(=O)n(Cc2ccc(Br)c([N+](=O)[O-])c2)c1=O. The molecule has 8 heteroatoms. The lowest BCUT2D eigenvalue weighted by atomic mass is 10.2. The molecule has 21 heavy (non-hydrogen) atoms. The van der Waals surface area contributed by atoms with E-state index in [-0.39, 0.29) is 12.2 Å². The molecule has 0 amide bonds. The molecule has 0 aliphatic carbocycles. The zero-order valence-corrected chi connectivity index (χ0v) is 12.7. The van der Waals surface area contributed by atoms with Crippen LogP contribution in [0.15, 0.2) is 44.5 Å². The smallest absolute Gasteiger partial charge is 0.301 e. The van der Waals surface area contributed by atoms with Crippen LogP contribution >= 0.6 is 15.9 Å². The summed E-state index contributed by atoms with van der Waals surface area (Å²) in [5, 5.41) is 10.9. The molecule has 0 N–H and O–H groups in total. The van der Waals surface area contributed by atoms with Gasteiger partial charge in [0.25, 0.3) is 11.2 Å². The van der Waals surface area contributed by atoms with Gasteiger partial charge in [-0.1, -0.05) is 6.07 Å². The second-order valence-electron chi connectivity index (χ2n) is 4.35. The summed E-state index contributed by atoms with van der Waals surface area (Å²) in [6.45, 7) is 2.23. The molecular weight excluding hydrogens is 342 g/mol. The molecule has 0 bridgehead atoms. The van der Waals surface area contributed by atoms with E-state index in [9.17, 15) is 19.7 Å². The van der Waals surface area contributed by atoms with Gasteiger partial charge in [-0.3, -0.25) is 19.5 Å². The van der Waals surface area contributed by atoms with Crippen LogP contribution in [0.25, 0.3) is 0 Å². The van der Waals surface area contributed by atoms with Gasteiger partial charge in [0, 0.05) is 24.9 Å². The van der Waals surface area contributed by atoms with Gasteiger partial charge in [0.15, 0.2) is 0 Å². The van der Waals surface area contributed by atoms with E-state index in [4.69, 9.17) is 0 Å². The van der Waals surface area contributed by atoms with E-state index in [2.05, 4.69) is 15.9 Å². The Bertz CT molecular complexity index is 810. The minimum absolute atomic E-state index is 0.00731. The molecule has 2 aromatic rings. The number of aromatic nitrogens is 2. The topological polar surface area (TPSA) is 87.1 Å². The maximum absolute atomic E-state index is 12.1. The molecule has 0 fully saturated rings. The number of nitro benzene ring substituents is 1. The lowest BCUT2D eigenvalue weighted by Gasteiger charge is -2.08. The standard InChI is InChI=1S/C13H12BrN3O4/c1-2-15-6-5-12(18)16(13(15)19)8-9-3-4-10(14)11(7-9)17(20)21/h3-7H,2,8H2,1H3. The van der Waals surface area contributed by atoms with Crippen molar-refractivity contribution in [1.29, 1.82) is 0 Å². The van der Waals surface area contributed by atoms with Crippen LogP contribution in [-0.2, 0) is 13.1 Å². The minimum Gasteiger partial charge on any atom is -0.301 e. The summed E-state index contributed by atoms with van der Waals surface area (Å²) >= 11 is 3.09. The van der Waals surface area contributed by atoms with Crippen LogP contribution in [-0.4, -0.2) is 14.1 Å². The molecule has 1 aromatic carbocycles. The molecular formula is C13H12BrN3O4. The lowest BCUT2D eigenvalue weighted by molar-refractivity contribution is -0.385. The summed E-state index contributed by atoms with van der Waals surface area (Å²) in [6.07, 6.45) is 1.44. The molecule has 1 heterocycles. The molecule has 2 rings (SSSR count). The van der Waals surface area contributed by atoms with Gasteiger partial charge in [-0.2, -0.15) is 0 Å². The van der Waals surface area contributed by atoms with Crippen LogP contribution in [0.2, 0.25) is 0 Å². The Morgan fingerprint density at radius 3 is 2.62 bits per heavy atom. The predicted molar refractivity (Wildman–Crippen MR) is 80.5 cm³/mol. The van der Waals surface area contributed by atoms with E-state index in [0.717, 1.165) is 4.57 Å². The van der Waals surface area contributed by atoms with Crippen LogP contribution in [0.1, 0.15) is 12.5 Å². The minimum atomic E-state index is -0.522. The Kier molecular flexibility index (Phi) is 4.37. The van der Waals surface area contributed by atoms with Gasteiger partial charge in [0.05, 0.1) is 15.9 Å². The van der Waals surface area contributed by atoms with Crippen molar-refractivity contribution in [2.75, 3.05) is 0 Å². The van der Waals surface area contributed by atoms with Gasteiger partial charge in [0.2, 0.25) is 0 Å². The third-order valence-electron chi connectivity index (χ3n) is 3.03. The van der Waals surface area contributed by atoms with Gasteiger partial charge in [-0.25, -0.2) is 4.79 Å². The highest BCUT2D eigenvalue weighted by atomic mass is 79.9. The van der Waals surface area contributed by atoms with E-state index in [1.165, 1.54) is 29.0 Å². The van der Waals surface area contributed by atoms with E-state index in [1.807, 2.05) is 0 Å². The molecule has 0 unspecified atom stereocenters. The first-order chi connectivity index (χ1) is 9.93. The first kappa shape index (κ1) is 15.2. The first-order valence-corrected chi connectivity index (χ1v) is 6.96. The van der Waals surface area contributed by atoms with Crippen molar-refractivity contribution in [3.63, 3.8) is 0 Å². The average Bonchev–Trinajstić information content (AvgIpc) is 2.45.